The molecule has 2 aromatic carbocycles. The van der Waals surface area contributed by atoms with Gasteiger partial charge in [-0.1, -0.05) is 30.3 Å². The van der Waals surface area contributed by atoms with E-state index in [0.29, 0.717) is 0 Å². The molecule has 0 heterocycles. The van der Waals surface area contributed by atoms with Crippen molar-refractivity contribution in [3.05, 3.63) is 65.7 Å². The Bertz CT molecular complexity index is 645. The van der Waals surface area contributed by atoms with E-state index in [0.717, 1.165) is 0 Å². The fourth-order valence-corrected chi connectivity index (χ4v) is 1.93. The monoisotopic (exact) mass is 277 g/mol. The molecule has 0 aliphatic heterocycles. The number of hydrogen-bond donors (Lipinski definition) is 2. The van der Waals surface area contributed by atoms with E-state index in [4.69, 9.17) is 0 Å². The van der Waals surface area contributed by atoms with Gasteiger partial charge in [-0.2, -0.15) is 0 Å². The van der Waals surface area contributed by atoms with Gasteiger partial charge in [0.05, 0.1) is 5.69 Å². The quantitative estimate of drug-likeness (QED) is 0.900. The molecular formula is C15H13F2NO2. The van der Waals surface area contributed by atoms with Crippen molar-refractivity contribution in [1.82, 2.24) is 0 Å². The molecule has 0 spiro atoms. The molecule has 0 fully saturated rings. The number of hydrogen-bond acceptors (Lipinski definition) is 2. The zero-order chi connectivity index (χ0) is 14.8. The van der Waals surface area contributed by atoms with Crippen LogP contribution in [0, 0.1) is 11.6 Å². The normalized spacial score (nSPS) is 13.6. The number of benzene rings is 2. The summed E-state index contributed by atoms with van der Waals surface area (Å²) in [4.78, 5) is 11.5. The van der Waals surface area contributed by atoms with E-state index in [9.17, 15) is 18.7 Å². The summed E-state index contributed by atoms with van der Waals surface area (Å²) in [6.07, 6.45) is 0. The van der Waals surface area contributed by atoms with Crippen LogP contribution in [0.4, 0.5) is 14.5 Å². The van der Waals surface area contributed by atoms with Crippen LogP contribution in [0.25, 0.3) is 0 Å². The van der Waals surface area contributed by atoms with Gasteiger partial charge in [0.15, 0.2) is 5.54 Å². The van der Waals surface area contributed by atoms with E-state index in [1.165, 1.54) is 49.4 Å². The third kappa shape index (κ3) is 2.47. The minimum absolute atomic E-state index is 0.000605. The number of carboxylic acids is 1. The number of aliphatic carboxylic acids is 1. The van der Waals surface area contributed by atoms with Crippen LogP contribution in [0.3, 0.4) is 0 Å². The van der Waals surface area contributed by atoms with Crippen molar-refractivity contribution in [1.29, 1.82) is 0 Å². The third-order valence-electron chi connectivity index (χ3n) is 3.10. The minimum Gasteiger partial charge on any atom is -0.479 e. The summed E-state index contributed by atoms with van der Waals surface area (Å²) in [5.74, 6) is -2.57. The average molecular weight is 277 g/mol. The molecule has 0 bridgehead atoms. The molecule has 0 saturated heterocycles. The SMILES string of the molecule is CC(Nc1ccccc1F)(C(=O)O)c1ccccc1F. The van der Waals surface area contributed by atoms with Crippen LogP contribution in [0.2, 0.25) is 0 Å². The van der Waals surface area contributed by atoms with Gasteiger partial charge in [0.25, 0.3) is 0 Å². The minimum atomic E-state index is -1.77. The highest BCUT2D eigenvalue weighted by Gasteiger charge is 2.38. The molecule has 104 valence electrons. The van der Waals surface area contributed by atoms with Crippen molar-refractivity contribution in [2.45, 2.75) is 12.5 Å². The van der Waals surface area contributed by atoms with Crippen LogP contribution in [0.5, 0.6) is 0 Å². The fourth-order valence-electron chi connectivity index (χ4n) is 1.93. The molecular weight excluding hydrogens is 264 g/mol. The zero-order valence-corrected chi connectivity index (χ0v) is 10.7. The van der Waals surface area contributed by atoms with E-state index in [1.807, 2.05) is 0 Å². The number of para-hydroxylation sites is 1. The first-order valence-electron chi connectivity index (χ1n) is 5.96. The molecule has 0 saturated carbocycles. The predicted molar refractivity (Wildman–Crippen MR) is 71.4 cm³/mol. The highest BCUT2D eigenvalue weighted by Crippen LogP contribution is 2.29. The highest BCUT2D eigenvalue weighted by atomic mass is 19.1. The molecule has 0 aliphatic carbocycles. The van der Waals surface area contributed by atoms with Crippen molar-refractivity contribution < 1.29 is 18.7 Å². The topological polar surface area (TPSA) is 49.3 Å². The molecule has 3 nitrogen and oxygen atoms in total. The Hall–Kier alpha value is -2.43. The van der Waals surface area contributed by atoms with Gasteiger partial charge in [0, 0.05) is 5.56 Å². The Balaban J connectivity index is 2.49. The van der Waals surface area contributed by atoms with E-state index in [1.54, 1.807) is 6.07 Å². The van der Waals surface area contributed by atoms with Gasteiger partial charge >= 0.3 is 5.97 Å². The molecule has 20 heavy (non-hydrogen) atoms. The van der Waals surface area contributed by atoms with Gasteiger partial charge in [-0.15, -0.1) is 0 Å². The van der Waals surface area contributed by atoms with Crippen LogP contribution in [-0.2, 0) is 10.3 Å². The Morgan fingerprint density at radius 3 is 2.15 bits per heavy atom. The molecule has 0 aliphatic rings. The first-order chi connectivity index (χ1) is 9.45. The maximum absolute atomic E-state index is 13.9. The number of rotatable bonds is 4. The molecule has 2 N–H and O–H groups in total. The first-order valence-corrected chi connectivity index (χ1v) is 5.96. The largest absolute Gasteiger partial charge is 0.479 e. The second kappa shape index (κ2) is 5.28. The first kappa shape index (κ1) is 14.0. The Kier molecular flexibility index (Phi) is 3.70. The predicted octanol–water partition coefficient (Wildman–Crippen LogP) is 3.38. The van der Waals surface area contributed by atoms with Crippen molar-refractivity contribution >= 4 is 11.7 Å². The lowest BCUT2D eigenvalue weighted by molar-refractivity contribution is -0.142. The average Bonchev–Trinajstić information content (AvgIpc) is 2.41. The van der Waals surface area contributed by atoms with E-state index >= 15 is 0 Å². The second-order valence-corrected chi connectivity index (χ2v) is 4.51. The second-order valence-electron chi connectivity index (χ2n) is 4.51. The van der Waals surface area contributed by atoms with Gasteiger partial charge in [-0.25, -0.2) is 13.6 Å². The number of carboxylic acid groups (broad SMARTS) is 1. The summed E-state index contributed by atoms with van der Waals surface area (Å²) in [5.41, 5.74) is -1.83. The maximum Gasteiger partial charge on any atom is 0.333 e. The van der Waals surface area contributed by atoms with Crippen LogP contribution in [0.15, 0.2) is 48.5 Å². The summed E-state index contributed by atoms with van der Waals surface area (Å²) < 4.78 is 27.5. The fraction of sp³-hybridized carbons (Fsp3) is 0.133. The molecule has 1 unspecified atom stereocenters. The molecule has 0 amide bonds. The summed E-state index contributed by atoms with van der Waals surface area (Å²) in [6.45, 7) is 1.29. The highest BCUT2D eigenvalue weighted by molar-refractivity contribution is 5.84. The Labute approximate surface area is 114 Å². The molecule has 0 aromatic heterocycles. The lowest BCUT2D eigenvalue weighted by Crippen LogP contribution is -2.41. The number of carbonyl (C=O) groups is 1. The Morgan fingerprint density at radius 2 is 1.60 bits per heavy atom. The molecule has 2 rings (SSSR count). The summed E-state index contributed by atoms with van der Waals surface area (Å²) >= 11 is 0. The van der Waals surface area contributed by atoms with Crippen molar-refractivity contribution in [2.75, 3.05) is 5.32 Å². The number of nitrogens with one attached hydrogen (secondary N) is 1. The maximum atomic E-state index is 13.9. The van der Waals surface area contributed by atoms with Crippen molar-refractivity contribution in [2.24, 2.45) is 0 Å². The summed E-state index contributed by atoms with van der Waals surface area (Å²) in [7, 11) is 0. The van der Waals surface area contributed by atoms with Gasteiger partial charge in [-0.05, 0) is 25.1 Å². The van der Waals surface area contributed by atoms with E-state index in [2.05, 4.69) is 5.32 Å². The molecule has 2 aromatic rings. The van der Waals surface area contributed by atoms with Gasteiger partial charge in [0.2, 0.25) is 0 Å². The summed E-state index contributed by atoms with van der Waals surface area (Å²) in [5, 5.41) is 12.0. The summed E-state index contributed by atoms with van der Waals surface area (Å²) in [6, 6.07) is 11.2. The number of anilines is 1. The molecule has 0 radical (unpaired) electrons. The molecule has 1 atom stereocenters. The standard InChI is InChI=1S/C15H13F2NO2/c1-15(14(19)20,10-6-2-3-7-11(10)16)18-13-9-5-4-8-12(13)17/h2-9,18H,1H3,(H,19,20). The number of halogens is 2. The lowest BCUT2D eigenvalue weighted by atomic mass is 9.91. The molecule has 5 heteroatoms. The smallest absolute Gasteiger partial charge is 0.333 e. The van der Waals surface area contributed by atoms with Gasteiger partial charge in [-0.3, -0.25) is 0 Å². The van der Waals surface area contributed by atoms with Crippen LogP contribution < -0.4 is 5.32 Å². The van der Waals surface area contributed by atoms with Crippen LogP contribution in [-0.4, -0.2) is 11.1 Å². The lowest BCUT2D eigenvalue weighted by Gasteiger charge is -2.28. The zero-order valence-electron chi connectivity index (χ0n) is 10.7. The van der Waals surface area contributed by atoms with Crippen LogP contribution in [0.1, 0.15) is 12.5 Å². The van der Waals surface area contributed by atoms with E-state index in [-0.39, 0.29) is 11.3 Å². The third-order valence-corrected chi connectivity index (χ3v) is 3.10. The van der Waals surface area contributed by atoms with Gasteiger partial charge < -0.3 is 10.4 Å². The van der Waals surface area contributed by atoms with Crippen LogP contribution >= 0.6 is 0 Å². The Morgan fingerprint density at radius 1 is 1.05 bits per heavy atom. The van der Waals surface area contributed by atoms with Gasteiger partial charge in [0.1, 0.15) is 11.6 Å². The van der Waals surface area contributed by atoms with E-state index < -0.39 is 23.1 Å². The van der Waals surface area contributed by atoms with Crippen molar-refractivity contribution in [3.63, 3.8) is 0 Å². The van der Waals surface area contributed by atoms with Crippen molar-refractivity contribution in [3.8, 4) is 0 Å².